The third kappa shape index (κ3) is 2.88. The molecule has 1 aromatic heterocycles. The fraction of sp³-hybridized carbons (Fsp3) is 0.333. The Hall–Kier alpha value is -1.29. The molecular formula is C9H11ClN2O2. The van der Waals surface area contributed by atoms with Crippen molar-refractivity contribution < 1.29 is 9.53 Å². The number of hydrogen-bond donors (Lipinski definition) is 0. The van der Waals surface area contributed by atoms with Gasteiger partial charge >= 0.3 is 5.97 Å². The van der Waals surface area contributed by atoms with E-state index < -0.39 is 0 Å². The standard InChI is InChI=1S/C9H11ClN2O2/c1-2-14-9(13)8-6-11-12(7-8)5-3-4-10/h3-4,6-7H,2,5H2,1H3/b4-3+. The lowest BCUT2D eigenvalue weighted by molar-refractivity contribution is 0.0526. The Balaban J connectivity index is 2.62. The van der Waals surface area contributed by atoms with Gasteiger partial charge < -0.3 is 4.74 Å². The van der Waals surface area contributed by atoms with E-state index in [4.69, 9.17) is 16.3 Å². The molecule has 0 fully saturated rings. The van der Waals surface area contributed by atoms with Crippen molar-refractivity contribution in [1.82, 2.24) is 9.78 Å². The van der Waals surface area contributed by atoms with E-state index in [-0.39, 0.29) is 5.97 Å². The zero-order valence-electron chi connectivity index (χ0n) is 7.81. The van der Waals surface area contributed by atoms with Crippen LogP contribution in [0.4, 0.5) is 0 Å². The van der Waals surface area contributed by atoms with Crippen molar-refractivity contribution in [3.63, 3.8) is 0 Å². The average molecular weight is 215 g/mol. The SMILES string of the molecule is CCOC(=O)c1cnn(C/C=C/Cl)c1. The zero-order valence-corrected chi connectivity index (χ0v) is 8.57. The lowest BCUT2D eigenvalue weighted by atomic mass is 10.4. The largest absolute Gasteiger partial charge is 0.462 e. The Morgan fingerprint density at radius 1 is 1.79 bits per heavy atom. The number of rotatable bonds is 4. The molecule has 0 aromatic carbocycles. The first-order chi connectivity index (χ1) is 6.77. The summed E-state index contributed by atoms with van der Waals surface area (Å²) in [4.78, 5) is 11.2. The van der Waals surface area contributed by atoms with Crippen molar-refractivity contribution in [3.8, 4) is 0 Å². The predicted octanol–water partition coefficient (Wildman–Crippen LogP) is 1.81. The van der Waals surface area contributed by atoms with Gasteiger partial charge in [0.1, 0.15) is 0 Å². The number of nitrogens with zero attached hydrogens (tertiary/aromatic N) is 2. The van der Waals surface area contributed by atoms with Crippen molar-refractivity contribution in [1.29, 1.82) is 0 Å². The molecule has 0 unspecified atom stereocenters. The Morgan fingerprint density at radius 2 is 2.57 bits per heavy atom. The number of esters is 1. The van der Waals surface area contributed by atoms with E-state index >= 15 is 0 Å². The first-order valence-corrected chi connectivity index (χ1v) is 4.66. The van der Waals surface area contributed by atoms with Crippen molar-refractivity contribution >= 4 is 17.6 Å². The van der Waals surface area contributed by atoms with E-state index in [1.807, 2.05) is 0 Å². The molecule has 0 aliphatic carbocycles. The van der Waals surface area contributed by atoms with Crippen LogP contribution in [0.3, 0.4) is 0 Å². The number of carbonyl (C=O) groups excluding carboxylic acids is 1. The summed E-state index contributed by atoms with van der Waals surface area (Å²) < 4.78 is 6.41. The summed E-state index contributed by atoms with van der Waals surface area (Å²) in [6.07, 6.45) is 4.82. The van der Waals surface area contributed by atoms with Crippen LogP contribution < -0.4 is 0 Å². The molecule has 4 nitrogen and oxygen atoms in total. The molecule has 0 amide bonds. The summed E-state index contributed by atoms with van der Waals surface area (Å²) in [7, 11) is 0. The number of halogens is 1. The molecule has 1 aromatic rings. The van der Waals surface area contributed by atoms with E-state index in [0.717, 1.165) is 0 Å². The minimum absolute atomic E-state index is 0.353. The number of aromatic nitrogens is 2. The first-order valence-electron chi connectivity index (χ1n) is 4.22. The second-order valence-electron chi connectivity index (χ2n) is 2.53. The minimum atomic E-state index is -0.353. The third-order valence-electron chi connectivity index (χ3n) is 1.53. The Labute approximate surface area is 87.1 Å². The van der Waals surface area contributed by atoms with E-state index in [0.29, 0.717) is 18.7 Å². The van der Waals surface area contributed by atoms with Crippen LogP contribution >= 0.6 is 11.6 Å². The molecular weight excluding hydrogens is 204 g/mol. The van der Waals surface area contributed by atoms with Crippen LogP contribution in [0, 0.1) is 0 Å². The highest BCUT2D eigenvalue weighted by atomic mass is 35.5. The molecule has 0 radical (unpaired) electrons. The highest BCUT2D eigenvalue weighted by Crippen LogP contribution is 2.00. The molecule has 76 valence electrons. The van der Waals surface area contributed by atoms with Gasteiger partial charge in [0.05, 0.1) is 24.9 Å². The van der Waals surface area contributed by atoms with E-state index in [1.54, 1.807) is 23.9 Å². The maximum atomic E-state index is 11.2. The molecule has 0 atom stereocenters. The Morgan fingerprint density at radius 3 is 3.21 bits per heavy atom. The van der Waals surface area contributed by atoms with Crippen LogP contribution in [-0.4, -0.2) is 22.4 Å². The zero-order chi connectivity index (χ0) is 10.4. The third-order valence-corrected chi connectivity index (χ3v) is 1.70. The molecule has 14 heavy (non-hydrogen) atoms. The summed E-state index contributed by atoms with van der Waals surface area (Å²) in [5, 5.41) is 3.96. The molecule has 0 saturated heterocycles. The van der Waals surface area contributed by atoms with Crippen LogP contribution in [0.5, 0.6) is 0 Å². The maximum absolute atomic E-state index is 11.2. The van der Waals surface area contributed by atoms with Crippen molar-refractivity contribution in [3.05, 3.63) is 29.6 Å². The lowest BCUT2D eigenvalue weighted by Crippen LogP contribution is -2.03. The van der Waals surface area contributed by atoms with Crippen molar-refractivity contribution in [2.75, 3.05) is 6.61 Å². The fourth-order valence-corrected chi connectivity index (χ4v) is 1.01. The van der Waals surface area contributed by atoms with Gasteiger partial charge in [0, 0.05) is 11.7 Å². The monoisotopic (exact) mass is 214 g/mol. The second kappa shape index (κ2) is 5.44. The fourth-order valence-electron chi connectivity index (χ4n) is 0.931. The van der Waals surface area contributed by atoms with Gasteiger partial charge in [-0.1, -0.05) is 17.7 Å². The normalized spacial score (nSPS) is 10.7. The molecule has 5 heteroatoms. The summed E-state index contributed by atoms with van der Waals surface area (Å²) in [5.41, 5.74) is 1.86. The van der Waals surface area contributed by atoms with Gasteiger partial charge in [-0.15, -0.1) is 0 Å². The maximum Gasteiger partial charge on any atom is 0.341 e. The van der Waals surface area contributed by atoms with E-state index in [1.165, 1.54) is 11.7 Å². The van der Waals surface area contributed by atoms with Gasteiger partial charge in [0.25, 0.3) is 0 Å². The molecule has 0 N–H and O–H groups in total. The lowest BCUT2D eigenvalue weighted by Gasteiger charge is -1.96. The van der Waals surface area contributed by atoms with Crippen LogP contribution in [0.15, 0.2) is 24.0 Å². The minimum Gasteiger partial charge on any atom is -0.462 e. The van der Waals surface area contributed by atoms with Gasteiger partial charge in [-0.25, -0.2) is 4.79 Å². The number of hydrogen-bond acceptors (Lipinski definition) is 3. The Kier molecular flexibility index (Phi) is 4.19. The topological polar surface area (TPSA) is 44.1 Å². The molecule has 0 bridgehead atoms. The van der Waals surface area contributed by atoms with E-state index in [2.05, 4.69) is 5.10 Å². The number of ether oxygens (including phenoxy) is 1. The van der Waals surface area contributed by atoms with Gasteiger partial charge in [-0.3, -0.25) is 4.68 Å². The first kappa shape index (κ1) is 10.8. The summed E-state index contributed by atoms with van der Waals surface area (Å²) in [6.45, 7) is 2.67. The number of carbonyl (C=O) groups is 1. The van der Waals surface area contributed by atoms with Gasteiger partial charge in [-0.2, -0.15) is 5.10 Å². The second-order valence-corrected chi connectivity index (χ2v) is 2.79. The average Bonchev–Trinajstić information content (AvgIpc) is 2.63. The molecule has 0 aliphatic heterocycles. The molecule has 0 saturated carbocycles. The van der Waals surface area contributed by atoms with Gasteiger partial charge in [0.2, 0.25) is 0 Å². The molecule has 0 spiro atoms. The van der Waals surface area contributed by atoms with E-state index in [9.17, 15) is 4.79 Å². The predicted molar refractivity (Wildman–Crippen MR) is 53.2 cm³/mol. The molecule has 1 rings (SSSR count). The van der Waals surface area contributed by atoms with Crippen LogP contribution in [0.2, 0.25) is 0 Å². The van der Waals surface area contributed by atoms with Crippen LogP contribution in [0.1, 0.15) is 17.3 Å². The van der Waals surface area contributed by atoms with Crippen LogP contribution in [0.25, 0.3) is 0 Å². The number of allylic oxidation sites excluding steroid dienone is 1. The Bertz CT molecular complexity index is 333. The highest BCUT2D eigenvalue weighted by molar-refractivity contribution is 6.25. The molecule has 1 heterocycles. The van der Waals surface area contributed by atoms with Crippen molar-refractivity contribution in [2.24, 2.45) is 0 Å². The summed E-state index contributed by atoms with van der Waals surface area (Å²) in [5.74, 6) is -0.353. The molecule has 0 aliphatic rings. The highest BCUT2D eigenvalue weighted by Gasteiger charge is 2.08. The van der Waals surface area contributed by atoms with Crippen molar-refractivity contribution in [2.45, 2.75) is 13.5 Å². The van der Waals surface area contributed by atoms with Gasteiger partial charge in [-0.05, 0) is 6.92 Å². The smallest absolute Gasteiger partial charge is 0.341 e. The van der Waals surface area contributed by atoms with Gasteiger partial charge in [0.15, 0.2) is 0 Å². The summed E-state index contributed by atoms with van der Waals surface area (Å²) >= 11 is 5.36. The quantitative estimate of drug-likeness (QED) is 0.718. The van der Waals surface area contributed by atoms with Crippen LogP contribution in [-0.2, 0) is 11.3 Å². The summed E-state index contributed by atoms with van der Waals surface area (Å²) in [6, 6.07) is 0.